The summed E-state index contributed by atoms with van der Waals surface area (Å²) in [5.74, 6) is -5.54. The molecule has 0 aliphatic rings. The number of amides is 2. The fourth-order valence-corrected chi connectivity index (χ4v) is 3.83. The molecule has 3 rings (SSSR count). The minimum absolute atomic E-state index is 0.0312. The highest BCUT2D eigenvalue weighted by molar-refractivity contribution is 5.89. The maximum absolute atomic E-state index is 15.0. The van der Waals surface area contributed by atoms with E-state index in [9.17, 15) is 36.7 Å². The number of halogens is 4. The lowest BCUT2D eigenvalue weighted by atomic mass is 9.98. The van der Waals surface area contributed by atoms with E-state index in [-0.39, 0.29) is 17.5 Å². The first kappa shape index (κ1) is 31.7. The average Bonchev–Trinajstić information content (AvgIpc) is 2.96. The predicted molar refractivity (Wildman–Crippen MR) is 144 cm³/mol. The number of nitrogens with zero attached hydrogens (tertiary/aromatic N) is 1. The number of nitrogens with one attached hydrogen (secondary N) is 3. The van der Waals surface area contributed by atoms with E-state index in [1.807, 2.05) is 6.07 Å². The summed E-state index contributed by atoms with van der Waals surface area (Å²) in [6.07, 6.45) is -3.37. The van der Waals surface area contributed by atoms with Crippen molar-refractivity contribution in [2.75, 3.05) is 18.4 Å². The Morgan fingerprint density at radius 2 is 1.64 bits per heavy atom. The molecule has 1 unspecified atom stereocenters. The first-order chi connectivity index (χ1) is 20.0. The molecule has 0 saturated carbocycles. The summed E-state index contributed by atoms with van der Waals surface area (Å²) in [5.41, 5.74) is 0.790. The van der Waals surface area contributed by atoms with Crippen LogP contribution in [0.1, 0.15) is 37.3 Å². The van der Waals surface area contributed by atoms with Crippen LogP contribution in [0, 0.1) is 5.82 Å². The minimum atomic E-state index is -5.41. The van der Waals surface area contributed by atoms with Gasteiger partial charge in [-0.25, -0.2) is 14.2 Å². The van der Waals surface area contributed by atoms with Gasteiger partial charge in [-0.3, -0.25) is 14.4 Å². The number of unbranched alkanes of at least 4 members (excludes halogenated alkanes) is 1. The lowest BCUT2D eigenvalue weighted by molar-refractivity contribution is -0.202. The third-order valence-corrected chi connectivity index (χ3v) is 5.87. The second kappa shape index (κ2) is 15.3. The number of hydrogen-bond acceptors (Lipinski definition) is 7. The number of esters is 2. The molecule has 1 aromatic heterocycles. The van der Waals surface area contributed by atoms with Crippen LogP contribution in [0.3, 0.4) is 0 Å². The molecule has 222 valence electrons. The van der Waals surface area contributed by atoms with Crippen LogP contribution in [0.25, 0.3) is 11.1 Å². The summed E-state index contributed by atoms with van der Waals surface area (Å²) < 4.78 is 56.4. The monoisotopic (exact) mass is 588 g/mol. The maximum atomic E-state index is 15.0. The van der Waals surface area contributed by atoms with Crippen LogP contribution in [0.2, 0.25) is 0 Å². The molecule has 3 N–H and O–H groups in total. The van der Waals surface area contributed by atoms with E-state index in [0.29, 0.717) is 30.8 Å². The molecule has 1 atom stereocenters. The Kier molecular flexibility index (Phi) is 11.5. The van der Waals surface area contributed by atoms with Crippen LogP contribution in [-0.4, -0.2) is 48.0 Å². The van der Waals surface area contributed by atoms with Gasteiger partial charge in [0.1, 0.15) is 11.6 Å². The maximum Gasteiger partial charge on any atom is 0.491 e. The molecule has 9 nitrogen and oxygen atoms in total. The Balaban J connectivity index is 1.58. The SMILES string of the molecule is O=C(CCCCNc1ccccn1)NCC(=O)NC(CC(=O)OC(=O)C(F)(F)F)c1ccc(-c2ccccc2)c(F)c1. The van der Waals surface area contributed by atoms with Gasteiger partial charge in [-0.15, -0.1) is 0 Å². The van der Waals surface area contributed by atoms with Gasteiger partial charge in [0.05, 0.1) is 19.0 Å². The van der Waals surface area contributed by atoms with E-state index in [2.05, 4.69) is 25.7 Å². The highest BCUT2D eigenvalue weighted by Crippen LogP contribution is 2.27. The first-order valence-electron chi connectivity index (χ1n) is 12.9. The van der Waals surface area contributed by atoms with Gasteiger partial charge in [-0.2, -0.15) is 13.2 Å². The summed E-state index contributed by atoms with van der Waals surface area (Å²) in [7, 11) is 0. The van der Waals surface area contributed by atoms with Crippen molar-refractivity contribution in [2.24, 2.45) is 0 Å². The molecule has 0 spiro atoms. The van der Waals surface area contributed by atoms with Gasteiger partial charge in [0.2, 0.25) is 11.8 Å². The van der Waals surface area contributed by atoms with Crippen molar-refractivity contribution in [2.45, 2.75) is 37.9 Å². The number of rotatable bonds is 13. The van der Waals surface area contributed by atoms with Gasteiger partial charge < -0.3 is 20.7 Å². The number of carbonyl (C=O) groups excluding carboxylic acids is 4. The number of aromatic nitrogens is 1. The molecule has 0 aliphatic heterocycles. The molecule has 0 radical (unpaired) electrons. The summed E-state index contributed by atoms with van der Waals surface area (Å²) in [4.78, 5) is 52.0. The summed E-state index contributed by atoms with van der Waals surface area (Å²) in [5, 5.41) is 7.90. The van der Waals surface area contributed by atoms with E-state index in [0.717, 1.165) is 6.07 Å². The Morgan fingerprint density at radius 3 is 2.31 bits per heavy atom. The van der Waals surface area contributed by atoms with Crippen molar-refractivity contribution in [3.05, 3.63) is 84.3 Å². The molecular weight excluding hydrogens is 560 g/mol. The Hall–Kier alpha value is -4.81. The van der Waals surface area contributed by atoms with Gasteiger partial charge in [0, 0.05) is 24.7 Å². The van der Waals surface area contributed by atoms with E-state index in [4.69, 9.17) is 0 Å². The van der Waals surface area contributed by atoms with Gasteiger partial charge in [-0.1, -0.05) is 48.5 Å². The quantitative estimate of drug-likeness (QED) is 0.116. The Morgan fingerprint density at radius 1 is 0.905 bits per heavy atom. The molecule has 2 aromatic carbocycles. The van der Waals surface area contributed by atoms with Crippen molar-refractivity contribution < 1.29 is 41.5 Å². The zero-order chi connectivity index (χ0) is 30.5. The minimum Gasteiger partial charge on any atom is -0.386 e. The number of ether oxygens (including phenoxy) is 1. The van der Waals surface area contributed by atoms with Gasteiger partial charge >= 0.3 is 18.1 Å². The van der Waals surface area contributed by atoms with Crippen molar-refractivity contribution in [1.82, 2.24) is 15.6 Å². The molecule has 0 saturated heterocycles. The van der Waals surface area contributed by atoms with Crippen molar-refractivity contribution >= 4 is 29.6 Å². The van der Waals surface area contributed by atoms with E-state index < -0.39 is 54.8 Å². The van der Waals surface area contributed by atoms with Crippen molar-refractivity contribution in [3.63, 3.8) is 0 Å². The number of benzene rings is 2. The number of pyridine rings is 1. The molecule has 0 bridgehead atoms. The van der Waals surface area contributed by atoms with Crippen LogP contribution in [-0.2, 0) is 23.9 Å². The van der Waals surface area contributed by atoms with Crippen molar-refractivity contribution in [3.8, 4) is 11.1 Å². The number of carbonyl (C=O) groups is 4. The number of anilines is 1. The Bertz CT molecular complexity index is 1370. The molecule has 3 aromatic rings. The van der Waals surface area contributed by atoms with E-state index >= 15 is 0 Å². The zero-order valence-electron chi connectivity index (χ0n) is 22.2. The second-order valence-electron chi connectivity index (χ2n) is 9.06. The lowest BCUT2D eigenvalue weighted by Crippen LogP contribution is -2.39. The second-order valence-corrected chi connectivity index (χ2v) is 9.06. The van der Waals surface area contributed by atoms with Gasteiger partial charge in [0.25, 0.3) is 0 Å². The number of hydrogen-bond donors (Lipinski definition) is 3. The third kappa shape index (κ3) is 10.3. The topological polar surface area (TPSA) is 126 Å². The molecule has 0 fully saturated rings. The molecule has 42 heavy (non-hydrogen) atoms. The fourth-order valence-electron chi connectivity index (χ4n) is 3.83. The number of alkyl halides is 3. The lowest BCUT2D eigenvalue weighted by Gasteiger charge is -2.19. The van der Waals surface area contributed by atoms with Gasteiger partial charge in [-0.05, 0) is 42.2 Å². The van der Waals surface area contributed by atoms with Gasteiger partial charge in [0.15, 0.2) is 0 Å². The van der Waals surface area contributed by atoms with Crippen LogP contribution >= 0.6 is 0 Å². The molecule has 1 heterocycles. The van der Waals surface area contributed by atoms with E-state index in [1.54, 1.807) is 48.7 Å². The van der Waals surface area contributed by atoms with Crippen LogP contribution in [0.5, 0.6) is 0 Å². The summed E-state index contributed by atoms with van der Waals surface area (Å²) in [6, 6.07) is 16.3. The summed E-state index contributed by atoms with van der Waals surface area (Å²) in [6.45, 7) is 0.0711. The first-order valence-corrected chi connectivity index (χ1v) is 12.9. The largest absolute Gasteiger partial charge is 0.491 e. The zero-order valence-corrected chi connectivity index (χ0v) is 22.2. The van der Waals surface area contributed by atoms with Crippen LogP contribution in [0.4, 0.5) is 23.4 Å². The normalized spacial score (nSPS) is 11.7. The highest BCUT2D eigenvalue weighted by atomic mass is 19.4. The van der Waals surface area contributed by atoms with E-state index in [1.165, 1.54) is 12.1 Å². The predicted octanol–water partition coefficient (Wildman–Crippen LogP) is 4.47. The molecule has 13 heteroatoms. The van der Waals surface area contributed by atoms with Crippen LogP contribution in [0.15, 0.2) is 72.9 Å². The Labute approximate surface area is 238 Å². The summed E-state index contributed by atoms with van der Waals surface area (Å²) >= 11 is 0. The standard InChI is InChI=1S/C29H28F4N4O5/c30-22-16-20(12-13-21(22)19-8-2-1-3-9-19)23(17-27(40)42-28(41)29(31,32)33)37-26(39)18-36-25(38)11-5-7-15-35-24-10-4-6-14-34-24/h1-4,6,8-10,12-14,16,23H,5,7,11,15,17-18H2,(H,34,35)(H,36,38)(H,37,39). The third-order valence-electron chi connectivity index (χ3n) is 5.87. The highest BCUT2D eigenvalue weighted by Gasteiger charge is 2.42. The molecular formula is C29H28F4N4O5. The smallest absolute Gasteiger partial charge is 0.386 e. The molecule has 2 amide bonds. The fraction of sp³-hybridized carbons (Fsp3) is 0.276. The average molecular weight is 589 g/mol. The van der Waals surface area contributed by atoms with Crippen LogP contribution < -0.4 is 16.0 Å². The van der Waals surface area contributed by atoms with Crippen molar-refractivity contribution in [1.29, 1.82) is 0 Å². The molecule has 0 aliphatic carbocycles.